The van der Waals surface area contributed by atoms with E-state index < -0.39 is 0 Å². The highest BCUT2D eigenvalue weighted by atomic mass is 15.1. The monoisotopic (exact) mass is 181 g/mol. The molecule has 0 aromatic heterocycles. The zero-order valence-electron chi connectivity index (χ0n) is 9.18. The van der Waals surface area contributed by atoms with Crippen LogP contribution in [0.3, 0.4) is 0 Å². The summed E-state index contributed by atoms with van der Waals surface area (Å²) in [5.41, 5.74) is 0.609. The molecular weight excluding hydrogens is 158 g/mol. The second-order valence-electron chi connectivity index (χ2n) is 5.76. The van der Waals surface area contributed by atoms with E-state index in [1.165, 1.54) is 51.7 Å². The summed E-state index contributed by atoms with van der Waals surface area (Å²) in [4.78, 5) is 2.70. The SMILES string of the molecule is CC1(C)CCCN(CC2CC2)CC1. The van der Waals surface area contributed by atoms with Gasteiger partial charge in [-0.3, -0.25) is 0 Å². The van der Waals surface area contributed by atoms with Gasteiger partial charge >= 0.3 is 0 Å². The minimum Gasteiger partial charge on any atom is -0.303 e. The molecular formula is C12H23N. The van der Waals surface area contributed by atoms with E-state index in [-0.39, 0.29) is 0 Å². The lowest BCUT2D eigenvalue weighted by molar-refractivity contribution is 0.254. The molecule has 1 saturated heterocycles. The van der Waals surface area contributed by atoms with Crippen LogP contribution in [0.2, 0.25) is 0 Å². The summed E-state index contributed by atoms with van der Waals surface area (Å²) in [5, 5.41) is 0. The van der Waals surface area contributed by atoms with Crippen molar-refractivity contribution in [3.05, 3.63) is 0 Å². The van der Waals surface area contributed by atoms with Crippen LogP contribution in [0.25, 0.3) is 0 Å². The van der Waals surface area contributed by atoms with Gasteiger partial charge in [-0.15, -0.1) is 0 Å². The molecule has 76 valence electrons. The minimum absolute atomic E-state index is 0.609. The summed E-state index contributed by atoms with van der Waals surface area (Å²) in [6.07, 6.45) is 7.24. The van der Waals surface area contributed by atoms with Gasteiger partial charge in [0.2, 0.25) is 0 Å². The largest absolute Gasteiger partial charge is 0.303 e. The summed E-state index contributed by atoms with van der Waals surface area (Å²) >= 11 is 0. The fourth-order valence-corrected chi connectivity index (χ4v) is 2.33. The van der Waals surface area contributed by atoms with Crippen molar-refractivity contribution in [2.75, 3.05) is 19.6 Å². The molecule has 1 aliphatic heterocycles. The molecule has 1 heterocycles. The lowest BCUT2D eigenvalue weighted by Gasteiger charge is -2.23. The summed E-state index contributed by atoms with van der Waals surface area (Å²) in [6, 6.07) is 0. The summed E-state index contributed by atoms with van der Waals surface area (Å²) in [6.45, 7) is 8.96. The molecule has 0 aromatic rings. The predicted molar refractivity (Wildman–Crippen MR) is 56.8 cm³/mol. The molecule has 0 aromatic carbocycles. The van der Waals surface area contributed by atoms with Crippen molar-refractivity contribution in [2.45, 2.75) is 46.0 Å². The lowest BCUT2D eigenvalue weighted by atomic mass is 9.85. The van der Waals surface area contributed by atoms with E-state index in [1.807, 2.05) is 0 Å². The maximum absolute atomic E-state index is 2.70. The lowest BCUT2D eigenvalue weighted by Crippen LogP contribution is -2.27. The normalized spacial score (nSPS) is 30.0. The smallest absolute Gasteiger partial charge is 0.000966 e. The molecule has 2 fully saturated rings. The Morgan fingerprint density at radius 3 is 2.62 bits per heavy atom. The highest BCUT2D eigenvalue weighted by Crippen LogP contribution is 2.33. The van der Waals surface area contributed by atoms with E-state index in [0.717, 1.165) is 5.92 Å². The van der Waals surface area contributed by atoms with Gasteiger partial charge in [-0.1, -0.05) is 13.8 Å². The molecule has 13 heavy (non-hydrogen) atoms. The Hall–Kier alpha value is -0.0400. The van der Waals surface area contributed by atoms with Gasteiger partial charge in [-0.05, 0) is 56.5 Å². The van der Waals surface area contributed by atoms with Crippen LogP contribution in [0, 0.1) is 11.3 Å². The van der Waals surface area contributed by atoms with Crippen molar-refractivity contribution in [2.24, 2.45) is 11.3 Å². The van der Waals surface area contributed by atoms with E-state index in [4.69, 9.17) is 0 Å². The van der Waals surface area contributed by atoms with Crippen molar-refractivity contribution in [3.8, 4) is 0 Å². The Morgan fingerprint density at radius 1 is 1.15 bits per heavy atom. The second-order valence-corrected chi connectivity index (χ2v) is 5.76. The average Bonchev–Trinajstić information content (AvgIpc) is 2.83. The zero-order chi connectivity index (χ0) is 9.31. The Morgan fingerprint density at radius 2 is 1.92 bits per heavy atom. The minimum atomic E-state index is 0.609. The fourth-order valence-electron chi connectivity index (χ4n) is 2.33. The second kappa shape index (κ2) is 3.61. The van der Waals surface area contributed by atoms with Crippen LogP contribution in [0.4, 0.5) is 0 Å². The summed E-state index contributed by atoms with van der Waals surface area (Å²) in [7, 11) is 0. The van der Waals surface area contributed by atoms with Crippen molar-refractivity contribution in [1.29, 1.82) is 0 Å². The third-order valence-electron chi connectivity index (χ3n) is 3.65. The fraction of sp³-hybridized carbons (Fsp3) is 1.00. The highest BCUT2D eigenvalue weighted by molar-refractivity contribution is 4.81. The van der Waals surface area contributed by atoms with Crippen LogP contribution in [-0.4, -0.2) is 24.5 Å². The first-order valence-corrected chi connectivity index (χ1v) is 5.88. The van der Waals surface area contributed by atoms with Gasteiger partial charge in [0, 0.05) is 6.54 Å². The van der Waals surface area contributed by atoms with Gasteiger partial charge in [-0.25, -0.2) is 0 Å². The molecule has 1 nitrogen and oxygen atoms in total. The zero-order valence-corrected chi connectivity index (χ0v) is 9.18. The van der Waals surface area contributed by atoms with Gasteiger partial charge in [0.15, 0.2) is 0 Å². The van der Waals surface area contributed by atoms with Crippen LogP contribution < -0.4 is 0 Å². The molecule has 2 rings (SSSR count). The Balaban J connectivity index is 1.79. The van der Waals surface area contributed by atoms with E-state index >= 15 is 0 Å². The molecule has 0 unspecified atom stereocenters. The summed E-state index contributed by atoms with van der Waals surface area (Å²) in [5.74, 6) is 1.07. The van der Waals surface area contributed by atoms with Crippen LogP contribution in [0.1, 0.15) is 46.0 Å². The van der Waals surface area contributed by atoms with Crippen molar-refractivity contribution >= 4 is 0 Å². The molecule has 1 aliphatic carbocycles. The molecule has 0 bridgehead atoms. The van der Waals surface area contributed by atoms with E-state index in [0.29, 0.717) is 5.41 Å². The summed E-state index contributed by atoms with van der Waals surface area (Å²) < 4.78 is 0. The van der Waals surface area contributed by atoms with Gasteiger partial charge in [0.1, 0.15) is 0 Å². The van der Waals surface area contributed by atoms with E-state index in [9.17, 15) is 0 Å². The van der Waals surface area contributed by atoms with Crippen LogP contribution >= 0.6 is 0 Å². The maximum atomic E-state index is 2.70. The standard InChI is InChI=1S/C12H23N/c1-12(2)6-3-8-13(9-7-12)10-11-4-5-11/h11H,3-10H2,1-2H3. The first kappa shape index (κ1) is 9.51. The highest BCUT2D eigenvalue weighted by Gasteiger charge is 2.27. The molecule has 0 N–H and O–H groups in total. The van der Waals surface area contributed by atoms with Crippen molar-refractivity contribution in [3.63, 3.8) is 0 Å². The molecule has 1 saturated carbocycles. The number of likely N-dealkylation sites (tertiary alicyclic amines) is 1. The molecule has 0 radical (unpaired) electrons. The topological polar surface area (TPSA) is 3.24 Å². The number of hydrogen-bond acceptors (Lipinski definition) is 1. The maximum Gasteiger partial charge on any atom is 0.000966 e. The van der Waals surface area contributed by atoms with Gasteiger partial charge in [0.25, 0.3) is 0 Å². The molecule has 2 aliphatic rings. The first-order chi connectivity index (χ1) is 6.16. The third kappa shape index (κ3) is 2.98. The third-order valence-corrected chi connectivity index (χ3v) is 3.65. The molecule has 0 amide bonds. The van der Waals surface area contributed by atoms with E-state index in [1.54, 1.807) is 0 Å². The van der Waals surface area contributed by atoms with Crippen molar-refractivity contribution in [1.82, 2.24) is 4.90 Å². The quantitative estimate of drug-likeness (QED) is 0.633. The predicted octanol–water partition coefficient (Wildman–Crippen LogP) is 2.91. The number of hydrogen-bond donors (Lipinski definition) is 0. The number of nitrogens with zero attached hydrogens (tertiary/aromatic N) is 1. The Kier molecular flexibility index (Phi) is 2.64. The van der Waals surface area contributed by atoms with Gasteiger partial charge in [-0.2, -0.15) is 0 Å². The van der Waals surface area contributed by atoms with Gasteiger partial charge in [0.05, 0.1) is 0 Å². The Labute approximate surface area is 82.5 Å². The van der Waals surface area contributed by atoms with Crippen LogP contribution in [0.15, 0.2) is 0 Å². The number of rotatable bonds is 2. The molecule has 0 atom stereocenters. The van der Waals surface area contributed by atoms with Crippen LogP contribution in [0.5, 0.6) is 0 Å². The Bertz CT molecular complexity index is 170. The van der Waals surface area contributed by atoms with E-state index in [2.05, 4.69) is 18.7 Å². The first-order valence-electron chi connectivity index (χ1n) is 5.88. The average molecular weight is 181 g/mol. The van der Waals surface area contributed by atoms with Crippen molar-refractivity contribution < 1.29 is 0 Å². The van der Waals surface area contributed by atoms with Crippen LogP contribution in [-0.2, 0) is 0 Å². The molecule has 0 spiro atoms. The molecule has 1 heteroatoms. The van der Waals surface area contributed by atoms with Gasteiger partial charge < -0.3 is 4.90 Å².